The van der Waals surface area contributed by atoms with Gasteiger partial charge in [0.05, 0.1) is 13.7 Å². The third kappa shape index (κ3) is 4.18. The molecule has 0 atom stereocenters. The van der Waals surface area contributed by atoms with Gasteiger partial charge in [-0.2, -0.15) is 0 Å². The third-order valence-corrected chi connectivity index (χ3v) is 3.43. The molecule has 0 saturated carbocycles. The number of hydrogen-bond donors (Lipinski definition) is 1. The van der Waals surface area contributed by atoms with Gasteiger partial charge < -0.3 is 14.8 Å². The Labute approximate surface area is 118 Å². The van der Waals surface area contributed by atoms with Crippen LogP contribution in [0.25, 0.3) is 0 Å². The lowest BCUT2D eigenvalue weighted by molar-refractivity contribution is 0.306. The van der Waals surface area contributed by atoms with Crippen molar-refractivity contribution in [2.75, 3.05) is 20.3 Å². The van der Waals surface area contributed by atoms with Crippen molar-refractivity contribution in [3.05, 3.63) is 22.2 Å². The van der Waals surface area contributed by atoms with Crippen LogP contribution in [0.4, 0.5) is 0 Å². The lowest BCUT2D eigenvalue weighted by Gasteiger charge is -2.16. The lowest BCUT2D eigenvalue weighted by atomic mass is 10.1. The summed E-state index contributed by atoms with van der Waals surface area (Å²) in [6, 6.07) is 3.92. The summed E-state index contributed by atoms with van der Waals surface area (Å²) >= 11 is 3.57. The highest BCUT2D eigenvalue weighted by Crippen LogP contribution is 2.36. The molecule has 0 aliphatic rings. The molecule has 0 bridgehead atoms. The fourth-order valence-corrected chi connectivity index (χ4v) is 2.18. The average molecular weight is 316 g/mol. The van der Waals surface area contributed by atoms with Crippen LogP contribution in [0.5, 0.6) is 11.5 Å². The minimum atomic E-state index is 0.634. The molecule has 0 aromatic heterocycles. The van der Waals surface area contributed by atoms with E-state index in [2.05, 4.69) is 28.2 Å². The summed E-state index contributed by atoms with van der Waals surface area (Å²) in [5.41, 5.74) is 1.12. The number of halogens is 1. The molecule has 102 valence electrons. The number of methoxy groups -OCH3 is 1. The highest BCUT2D eigenvalue weighted by atomic mass is 79.9. The molecule has 0 heterocycles. The Kier molecular flexibility index (Phi) is 7.13. The molecule has 18 heavy (non-hydrogen) atoms. The molecule has 1 aromatic rings. The van der Waals surface area contributed by atoms with E-state index >= 15 is 0 Å². The van der Waals surface area contributed by atoms with Crippen LogP contribution >= 0.6 is 15.9 Å². The Bertz CT molecular complexity index is 369. The Morgan fingerprint density at radius 2 is 2.06 bits per heavy atom. The fourth-order valence-electron chi connectivity index (χ4n) is 1.73. The van der Waals surface area contributed by atoms with Crippen molar-refractivity contribution in [1.82, 2.24) is 5.32 Å². The minimum absolute atomic E-state index is 0.634. The number of ether oxygens (including phenoxy) is 2. The molecule has 0 aliphatic heterocycles. The molecule has 1 aromatic carbocycles. The predicted octanol–water partition coefficient (Wildman–Crippen LogP) is 3.75. The van der Waals surface area contributed by atoms with Gasteiger partial charge in [0.2, 0.25) is 0 Å². The Morgan fingerprint density at radius 3 is 2.67 bits per heavy atom. The molecule has 0 saturated heterocycles. The van der Waals surface area contributed by atoms with Gasteiger partial charge in [0.15, 0.2) is 11.5 Å². The van der Waals surface area contributed by atoms with E-state index in [1.54, 1.807) is 7.11 Å². The molecule has 1 N–H and O–H groups in total. The molecular weight excluding hydrogens is 294 g/mol. The summed E-state index contributed by atoms with van der Waals surface area (Å²) in [6.07, 6.45) is 2.39. The maximum atomic E-state index is 5.70. The van der Waals surface area contributed by atoms with E-state index in [0.717, 1.165) is 34.6 Å². The van der Waals surface area contributed by atoms with E-state index in [4.69, 9.17) is 9.47 Å². The lowest BCUT2D eigenvalue weighted by Crippen LogP contribution is -2.16. The highest BCUT2D eigenvalue weighted by molar-refractivity contribution is 9.10. The summed E-state index contributed by atoms with van der Waals surface area (Å²) in [5.74, 6) is 1.62. The standard InChI is InChI=1S/C14H22BrNO2/c1-4-6-9-16-10-11-12(15)7-8-13(17-3)14(11)18-5-2/h7-8,16H,4-6,9-10H2,1-3H3. The van der Waals surface area contributed by atoms with Gasteiger partial charge in [-0.3, -0.25) is 0 Å². The molecule has 4 heteroatoms. The van der Waals surface area contributed by atoms with Crippen molar-refractivity contribution in [3.8, 4) is 11.5 Å². The van der Waals surface area contributed by atoms with Gasteiger partial charge >= 0.3 is 0 Å². The maximum absolute atomic E-state index is 5.70. The number of nitrogens with one attached hydrogen (secondary N) is 1. The smallest absolute Gasteiger partial charge is 0.166 e. The number of hydrogen-bond acceptors (Lipinski definition) is 3. The number of rotatable bonds is 8. The van der Waals surface area contributed by atoms with Gasteiger partial charge in [-0.1, -0.05) is 29.3 Å². The zero-order valence-corrected chi connectivity index (χ0v) is 13.0. The second-order valence-electron chi connectivity index (χ2n) is 4.02. The Hall–Kier alpha value is -0.740. The molecule has 1 rings (SSSR count). The molecule has 3 nitrogen and oxygen atoms in total. The summed E-state index contributed by atoms with van der Waals surface area (Å²) < 4.78 is 12.1. The van der Waals surface area contributed by atoms with E-state index in [0.29, 0.717) is 6.61 Å². The van der Waals surface area contributed by atoms with Crippen LogP contribution in [0.15, 0.2) is 16.6 Å². The first kappa shape index (κ1) is 15.3. The largest absolute Gasteiger partial charge is 0.493 e. The second kappa shape index (κ2) is 8.38. The van der Waals surface area contributed by atoms with Crippen LogP contribution in [-0.2, 0) is 6.54 Å². The van der Waals surface area contributed by atoms with E-state index in [1.807, 2.05) is 19.1 Å². The van der Waals surface area contributed by atoms with Gasteiger partial charge in [-0.15, -0.1) is 0 Å². The van der Waals surface area contributed by atoms with E-state index < -0.39 is 0 Å². The zero-order chi connectivity index (χ0) is 13.4. The van der Waals surface area contributed by atoms with Crippen molar-refractivity contribution < 1.29 is 9.47 Å². The molecule has 0 aliphatic carbocycles. The number of unbranched alkanes of at least 4 members (excludes halogenated alkanes) is 1. The first-order valence-corrected chi connectivity index (χ1v) is 7.22. The number of benzene rings is 1. The molecular formula is C14H22BrNO2. The summed E-state index contributed by atoms with van der Waals surface area (Å²) in [5, 5.41) is 3.43. The monoisotopic (exact) mass is 315 g/mol. The normalized spacial score (nSPS) is 10.4. The van der Waals surface area contributed by atoms with Crippen LogP contribution in [0, 0.1) is 0 Å². The van der Waals surface area contributed by atoms with E-state index in [-0.39, 0.29) is 0 Å². The van der Waals surface area contributed by atoms with Crippen LogP contribution in [0.1, 0.15) is 32.3 Å². The molecule has 0 amide bonds. The molecule has 0 unspecified atom stereocenters. The van der Waals surface area contributed by atoms with E-state index in [1.165, 1.54) is 12.8 Å². The van der Waals surface area contributed by atoms with Gasteiger partial charge in [0.1, 0.15) is 0 Å². The quantitative estimate of drug-likeness (QED) is 0.741. The van der Waals surface area contributed by atoms with Gasteiger partial charge in [-0.05, 0) is 32.0 Å². The van der Waals surface area contributed by atoms with E-state index in [9.17, 15) is 0 Å². The zero-order valence-electron chi connectivity index (χ0n) is 11.4. The topological polar surface area (TPSA) is 30.5 Å². The Morgan fingerprint density at radius 1 is 1.28 bits per heavy atom. The van der Waals surface area contributed by atoms with Crippen LogP contribution in [0.3, 0.4) is 0 Å². The predicted molar refractivity (Wildman–Crippen MR) is 78.5 cm³/mol. The SMILES string of the molecule is CCCCNCc1c(Br)ccc(OC)c1OCC. The van der Waals surface area contributed by atoms with Crippen molar-refractivity contribution in [2.24, 2.45) is 0 Å². The average Bonchev–Trinajstić information content (AvgIpc) is 2.38. The summed E-state index contributed by atoms with van der Waals surface area (Å²) in [4.78, 5) is 0. The van der Waals surface area contributed by atoms with Crippen LogP contribution < -0.4 is 14.8 Å². The van der Waals surface area contributed by atoms with Crippen molar-refractivity contribution in [2.45, 2.75) is 33.2 Å². The van der Waals surface area contributed by atoms with Crippen LogP contribution in [0.2, 0.25) is 0 Å². The molecule has 0 radical (unpaired) electrons. The van der Waals surface area contributed by atoms with Gasteiger partial charge in [0.25, 0.3) is 0 Å². The highest BCUT2D eigenvalue weighted by Gasteiger charge is 2.13. The Balaban J connectivity index is 2.84. The first-order valence-electron chi connectivity index (χ1n) is 6.43. The van der Waals surface area contributed by atoms with Crippen molar-refractivity contribution in [3.63, 3.8) is 0 Å². The van der Waals surface area contributed by atoms with Gasteiger partial charge in [-0.25, -0.2) is 0 Å². The van der Waals surface area contributed by atoms with Crippen molar-refractivity contribution in [1.29, 1.82) is 0 Å². The third-order valence-electron chi connectivity index (χ3n) is 2.68. The fraction of sp³-hybridized carbons (Fsp3) is 0.571. The summed E-state index contributed by atoms with van der Waals surface area (Å²) in [6.45, 7) is 6.61. The first-order chi connectivity index (χ1) is 8.74. The second-order valence-corrected chi connectivity index (χ2v) is 4.88. The molecule has 0 spiro atoms. The molecule has 0 fully saturated rings. The van der Waals surface area contributed by atoms with Crippen LogP contribution in [-0.4, -0.2) is 20.3 Å². The minimum Gasteiger partial charge on any atom is -0.493 e. The maximum Gasteiger partial charge on any atom is 0.166 e. The summed E-state index contributed by atoms with van der Waals surface area (Å²) in [7, 11) is 1.67. The van der Waals surface area contributed by atoms with Crippen molar-refractivity contribution >= 4 is 15.9 Å². The van der Waals surface area contributed by atoms with Gasteiger partial charge in [0, 0.05) is 16.6 Å².